The Hall–Kier alpha value is -0.380. The molecule has 88 valence electrons. The van der Waals surface area contributed by atoms with Gasteiger partial charge in [-0.05, 0) is 30.5 Å². The third kappa shape index (κ3) is 2.84. The van der Waals surface area contributed by atoms with Gasteiger partial charge >= 0.3 is 0 Å². The molecule has 2 nitrogen and oxygen atoms in total. The van der Waals surface area contributed by atoms with Crippen LogP contribution >= 0.6 is 15.9 Å². The molecule has 0 aliphatic carbocycles. The van der Waals surface area contributed by atoms with Gasteiger partial charge in [-0.15, -0.1) is 0 Å². The lowest BCUT2D eigenvalue weighted by atomic mass is 10.1. The zero-order valence-corrected chi connectivity index (χ0v) is 11.5. The van der Waals surface area contributed by atoms with E-state index < -0.39 is 0 Å². The van der Waals surface area contributed by atoms with E-state index in [4.69, 9.17) is 4.74 Å². The van der Waals surface area contributed by atoms with Crippen LogP contribution in [-0.4, -0.2) is 31.2 Å². The average Bonchev–Trinajstić information content (AvgIpc) is 2.27. The number of hydrogen-bond acceptors (Lipinski definition) is 2. The Balaban J connectivity index is 2.09. The molecule has 0 amide bonds. The molecule has 0 spiro atoms. The van der Waals surface area contributed by atoms with Crippen LogP contribution in [0.5, 0.6) is 0 Å². The van der Waals surface area contributed by atoms with Gasteiger partial charge < -0.3 is 4.74 Å². The Morgan fingerprint density at radius 3 is 2.31 bits per heavy atom. The zero-order chi connectivity index (χ0) is 11.5. The first kappa shape index (κ1) is 12.1. The van der Waals surface area contributed by atoms with Crippen molar-refractivity contribution in [2.75, 3.05) is 26.3 Å². The topological polar surface area (TPSA) is 12.5 Å². The summed E-state index contributed by atoms with van der Waals surface area (Å²) in [6.45, 7) is 9.18. The molecule has 0 saturated carbocycles. The van der Waals surface area contributed by atoms with Crippen molar-refractivity contribution in [3.63, 3.8) is 0 Å². The molecule has 0 atom stereocenters. The quantitative estimate of drug-likeness (QED) is 0.828. The second-order valence-corrected chi connectivity index (χ2v) is 5.23. The number of ether oxygens (including phenoxy) is 1. The van der Waals surface area contributed by atoms with Crippen LogP contribution in [0, 0.1) is 13.8 Å². The van der Waals surface area contributed by atoms with E-state index in [1.807, 2.05) is 0 Å². The molecule has 1 heterocycles. The molecular weight excluding hydrogens is 266 g/mol. The molecule has 1 aliphatic heterocycles. The number of nitrogens with zero attached hydrogens (tertiary/aromatic N) is 1. The number of rotatable bonds is 2. The molecule has 1 saturated heterocycles. The maximum Gasteiger partial charge on any atom is 0.0594 e. The SMILES string of the molecule is Cc1cc(CN2CCOCC2)cc(C)c1Br. The molecule has 16 heavy (non-hydrogen) atoms. The van der Waals surface area contributed by atoms with Crippen LogP contribution in [0.2, 0.25) is 0 Å². The fourth-order valence-corrected chi connectivity index (χ4v) is 2.37. The minimum atomic E-state index is 0.870. The predicted molar refractivity (Wildman–Crippen MR) is 69.7 cm³/mol. The number of halogens is 1. The molecule has 0 bridgehead atoms. The van der Waals surface area contributed by atoms with E-state index >= 15 is 0 Å². The van der Waals surface area contributed by atoms with Gasteiger partial charge in [0.2, 0.25) is 0 Å². The zero-order valence-electron chi connectivity index (χ0n) is 9.92. The van der Waals surface area contributed by atoms with Crippen molar-refractivity contribution in [3.05, 3.63) is 33.3 Å². The lowest BCUT2D eigenvalue weighted by Gasteiger charge is -2.26. The molecular formula is C13H18BrNO. The minimum Gasteiger partial charge on any atom is -0.379 e. The summed E-state index contributed by atoms with van der Waals surface area (Å²) in [6, 6.07) is 4.54. The Morgan fingerprint density at radius 1 is 1.19 bits per heavy atom. The first-order chi connectivity index (χ1) is 7.66. The molecule has 1 aliphatic rings. The summed E-state index contributed by atoms with van der Waals surface area (Å²) >= 11 is 3.60. The van der Waals surface area contributed by atoms with Gasteiger partial charge in [-0.25, -0.2) is 0 Å². The third-order valence-corrected chi connectivity index (χ3v) is 4.26. The monoisotopic (exact) mass is 283 g/mol. The Bertz CT molecular complexity index is 349. The smallest absolute Gasteiger partial charge is 0.0594 e. The lowest BCUT2D eigenvalue weighted by molar-refractivity contribution is 0.0342. The van der Waals surface area contributed by atoms with Gasteiger partial charge in [-0.3, -0.25) is 4.90 Å². The van der Waals surface area contributed by atoms with E-state index in [0.717, 1.165) is 32.8 Å². The Labute approximate surface area is 106 Å². The molecule has 0 radical (unpaired) electrons. The minimum absolute atomic E-state index is 0.870. The van der Waals surface area contributed by atoms with E-state index in [2.05, 4.69) is 46.8 Å². The van der Waals surface area contributed by atoms with Crippen molar-refractivity contribution >= 4 is 15.9 Å². The standard InChI is InChI=1S/C13H18BrNO/c1-10-7-12(8-11(2)13(10)14)9-15-3-5-16-6-4-15/h7-8H,3-6,9H2,1-2H3. The van der Waals surface area contributed by atoms with Crippen molar-refractivity contribution in [2.45, 2.75) is 20.4 Å². The maximum absolute atomic E-state index is 5.35. The van der Waals surface area contributed by atoms with Crippen LogP contribution < -0.4 is 0 Å². The van der Waals surface area contributed by atoms with Gasteiger partial charge in [0.1, 0.15) is 0 Å². The second-order valence-electron chi connectivity index (χ2n) is 4.43. The van der Waals surface area contributed by atoms with Crippen LogP contribution in [-0.2, 0) is 11.3 Å². The van der Waals surface area contributed by atoms with Crippen LogP contribution in [0.25, 0.3) is 0 Å². The van der Waals surface area contributed by atoms with Crippen molar-refractivity contribution in [2.24, 2.45) is 0 Å². The highest BCUT2D eigenvalue weighted by molar-refractivity contribution is 9.10. The van der Waals surface area contributed by atoms with Crippen molar-refractivity contribution in [1.29, 1.82) is 0 Å². The van der Waals surface area contributed by atoms with Crippen LogP contribution in [0.1, 0.15) is 16.7 Å². The van der Waals surface area contributed by atoms with E-state index in [1.165, 1.54) is 21.2 Å². The average molecular weight is 284 g/mol. The summed E-state index contributed by atoms with van der Waals surface area (Å²) in [4.78, 5) is 2.45. The van der Waals surface area contributed by atoms with E-state index in [9.17, 15) is 0 Å². The normalized spacial score (nSPS) is 17.7. The van der Waals surface area contributed by atoms with Crippen molar-refractivity contribution in [1.82, 2.24) is 4.90 Å². The molecule has 0 unspecified atom stereocenters. The van der Waals surface area contributed by atoms with Crippen molar-refractivity contribution < 1.29 is 4.74 Å². The Kier molecular flexibility index (Phi) is 4.00. The maximum atomic E-state index is 5.35. The fourth-order valence-electron chi connectivity index (χ4n) is 2.14. The number of hydrogen-bond donors (Lipinski definition) is 0. The highest BCUT2D eigenvalue weighted by Gasteiger charge is 2.11. The van der Waals surface area contributed by atoms with Gasteiger partial charge in [0.15, 0.2) is 0 Å². The predicted octanol–water partition coefficient (Wildman–Crippen LogP) is 2.90. The molecule has 0 aromatic heterocycles. The summed E-state index contributed by atoms with van der Waals surface area (Å²) in [5.74, 6) is 0. The number of aryl methyl sites for hydroxylation is 2. The summed E-state index contributed by atoms with van der Waals surface area (Å²) in [5, 5.41) is 0. The number of benzene rings is 1. The highest BCUT2D eigenvalue weighted by atomic mass is 79.9. The largest absolute Gasteiger partial charge is 0.379 e. The summed E-state index contributed by atoms with van der Waals surface area (Å²) in [5.41, 5.74) is 4.05. The summed E-state index contributed by atoms with van der Waals surface area (Å²) in [7, 11) is 0. The Morgan fingerprint density at radius 2 is 1.75 bits per heavy atom. The molecule has 1 aromatic carbocycles. The number of morpholine rings is 1. The first-order valence-electron chi connectivity index (χ1n) is 5.72. The van der Waals surface area contributed by atoms with E-state index in [0.29, 0.717) is 0 Å². The van der Waals surface area contributed by atoms with Gasteiger partial charge in [0, 0.05) is 24.1 Å². The van der Waals surface area contributed by atoms with Crippen LogP contribution in [0.4, 0.5) is 0 Å². The molecule has 0 N–H and O–H groups in total. The van der Waals surface area contributed by atoms with Gasteiger partial charge in [-0.2, -0.15) is 0 Å². The molecule has 2 rings (SSSR count). The molecule has 3 heteroatoms. The molecule has 1 aromatic rings. The third-order valence-electron chi connectivity index (χ3n) is 3.01. The van der Waals surface area contributed by atoms with Gasteiger partial charge in [0.25, 0.3) is 0 Å². The highest BCUT2D eigenvalue weighted by Crippen LogP contribution is 2.23. The van der Waals surface area contributed by atoms with E-state index in [-0.39, 0.29) is 0 Å². The lowest BCUT2D eigenvalue weighted by Crippen LogP contribution is -2.35. The molecule has 1 fully saturated rings. The van der Waals surface area contributed by atoms with Crippen molar-refractivity contribution in [3.8, 4) is 0 Å². The van der Waals surface area contributed by atoms with Crippen LogP contribution in [0.15, 0.2) is 16.6 Å². The second kappa shape index (κ2) is 5.30. The first-order valence-corrected chi connectivity index (χ1v) is 6.52. The fraction of sp³-hybridized carbons (Fsp3) is 0.538. The van der Waals surface area contributed by atoms with Gasteiger partial charge in [-0.1, -0.05) is 28.1 Å². The van der Waals surface area contributed by atoms with E-state index in [1.54, 1.807) is 0 Å². The summed E-state index contributed by atoms with van der Waals surface area (Å²) in [6.07, 6.45) is 0. The van der Waals surface area contributed by atoms with Crippen LogP contribution in [0.3, 0.4) is 0 Å². The van der Waals surface area contributed by atoms with Gasteiger partial charge in [0.05, 0.1) is 13.2 Å². The summed E-state index contributed by atoms with van der Waals surface area (Å²) < 4.78 is 6.59.